The van der Waals surface area contributed by atoms with Gasteiger partial charge in [0, 0.05) is 45.4 Å². The number of rotatable bonds is 6. The molecule has 2 fully saturated rings. The van der Waals surface area contributed by atoms with E-state index >= 15 is 0 Å². The van der Waals surface area contributed by atoms with Crippen LogP contribution in [0.25, 0.3) is 5.78 Å². The van der Waals surface area contributed by atoms with Gasteiger partial charge in [-0.05, 0) is 18.8 Å². The Morgan fingerprint density at radius 3 is 2.86 bits per heavy atom. The molecule has 1 aliphatic heterocycles. The lowest BCUT2D eigenvalue weighted by Gasteiger charge is -2.36. The third kappa shape index (κ3) is 4.84. The van der Waals surface area contributed by atoms with Crippen LogP contribution in [-0.2, 0) is 16.1 Å². The highest BCUT2D eigenvalue weighted by Crippen LogP contribution is 2.23. The Kier molecular flexibility index (Phi) is 6.25. The van der Waals surface area contributed by atoms with Crippen molar-refractivity contribution in [1.29, 1.82) is 0 Å². The van der Waals surface area contributed by atoms with Crippen molar-refractivity contribution in [1.82, 2.24) is 29.8 Å². The molecule has 2 aromatic heterocycles. The maximum atomic E-state index is 12.5. The Morgan fingerprint density at radius 2 is 2.10 bits per heavy atom. The number of carbonyl (C=O) groups is 1. The normalized spacial score (nSPS) is 23.4. The number of fused-ring (bicyclic) bond motifs is 1. The summed E-state index contributed by atoms with van der Waals surface area (Å²) in [5.41, 5.74) is 0.839. The number of ether oxygens (including phenoxy) is 1. The van der Waals surface area contributed by atoms with E-state index < -0.39 is 0 Å². The van der Waals surface area contributed by atoms with Gasteiger partial charge in [-0.3, -0.25) is 9.69 Å². The van der Waals surface area contributed by atoms with Crippen LogP contribution in [0.3, 0.4) is 0 Å². The molecule has 1 amide bonds. The van der Waals surface area contributed by atoms with Crippen LogP contribution < -0.4 is 10.2 Å². The number of nitrogens with one attached hydrogen (secondary N) is 1. The molecule has 29 heavy (non-hydrogen) atoms. The fourth-order valence-electron chi connectivity index (χ4n) is 4.47. The molecule has 9 heteroatoms. The molecule has 2 atom stereocenters. The fraction of sp³-hybridized carbons (Fsp3) is 0.700. The van der Waals surface area contributed by atoms with E-state index in [0.717, 1.165) is 56.5 Å². The van der Waals surface area contributed by atoms with Crippen LogP contribution in [0.15, 0.2) is 12.4 Å². The van der Waals surface area contributed by atoms with E-state index in [1.54, 1.807) is 11.6 Å². The van der Waals surface area contributed by atoms with Gasteiger partial charge in [0.25, 0.3) is 5.78 Å². The third-order valence-corrected chi connectivity index (χ3v) is 5.94. The first-order valence-corrected chi connectivity index (χ1v) is 10.6. The number of methoxy groups -OCH3 is 1. The van der Waals surface area contributed by atoms with Crippen molar-refractivity contribution in [2.24, 2.45) is 5.92 Å². The lowest BCUT2D eigenvalue weighted by Crippen LogP contribution is -2.51. The third-order valence-electron chi connectivity index (χ3n) is 5.94. The number of hydrogen-bond donors (Lipinski definition) is 1. The van der Waals surface area contributed by atoms with Gasteiger partial charge < -0.3 is 15.0 Å². The van der Waals surface area contributed by atoms with Crippen molar-refractivity contribution in [2.45, 2.75) is 45.3 Å². The van der Waals surface area contributed by atoms with Gasteiger partial charge in [0.15, 0.2) is 0 Å². The second kappa shape index (κ2) is 9.04. The summed E-state index contributed by atoms with van der Waals surface area (Å²) in [4.78, 5) is 25.7. The monoisotopic (exact) mass is 401 g/mol. The lowest BCUT2D eigenvalue weighted by atomic mass is 9.87. The molecule has 2 aliphatic rings. The van der Waals surface area contributed by atoms with Crippen molar-refractivity contribution < 1.29 is 9.53 Å². The van der Waals surface area contributed by atoms with Gasteiger partial charge in [-0.25, -0.2) is 4.98 Å². The highest BCUT2D eigenvalue weighted by atomic mass is 16.5. The predicted molar refractivity (Wildman–Crippen MR) is 110 cm³/mol. The quantitative estimate of drug-likeness (QED) is 0.775. The van der Waals surface area contributed by atoms with Crippen molar-refractivity contribution >= 4 is 17.5 Å². The highest BCUT2D eigenvalue weighted by molar-refractivity contribution is 5.78. The zero-order valence-electron chi connectivity index (χ0n) is 17.4. The van der Waals surface area contributed by atoms with Crippen LogP contribution in [0.1, 0.15) is 38.3 Å². The predicted octanol–water partition coefficient (Wildman–Crippen LogP) is 1.09. The number of amides is 1. The molecule has 2 unspecified atom stereocenters. The summed E-state index contributed by atoms with van der Waals surface area (Å²) in [5.74, 6) is 2.43. The van der Waals surface area contributed by atoms with Gasteiger partial charge in [0.05, 0.1) is 18.8 Å². The topological polar surface area (TPSA) is 87.9 Å². The van der Waals surface area contributed by atoms with E-state index in [2.05, 4.69) is 37.1 Å². The summed E-state index contributed by atoms with van der Waals surface area (Å²) in [6, 6.07) is 2.36. The molecule has 2 aromatic rings. The second-order valence-corrected chi connectivity index (χ2v) is 8.31. The number of nitrogens with zero attached hydrogens (tertiary/aromatic N) is 6. The average molecular weight is 402 g/mol. The molecule has 1 N–H and O–H groups in total. The van der Waals surface area contributed by atoms with E-state index in [9.17, 15) is 4.79 Å². The number of anilines is 1. The van der Waals surface area contributed by atoms with Gasteiger partial charge in [-0.1, -0.05) is 19.8 Å². The minimum Gasteiger partial charge on any atom is -0.378 e. The Hall–Kier alpha value is -2.26. The molecule has 0 radical (unpaired) electrons. The van der Waals surface area contributed by atoms with Crippen LogP contribution in [0.5, 0.6) is 0 Å². The Balaban J connectivity index is 1.33. The first-order valence-electron chi connectivity index (χ1n) is 10.6. The molecule has 1 saturated heterocycles. The molecule has 0 aromatic carbocycles. The molecule has 158 valence electrons. The van der Waals surface area contributed by atoms with Gasteiger partial charge in [-0.2, -0.15) is 14.6 Å². The number of carbonyl (C=O) groups excluding carboxylic acids is 1. The summed E-state index contributed by atoms with van der Waals surface area (Å²) in [6.45, 7) is 6.54. The summed E-state index contributed by atoms with van der Waals surface area (Å²) in [6.07, 6.45) is 6.25. The summed E-state index contributed by atoms with van der Waals surface area (Å²) < 4.78 is 7.00. The number of piperazine rings is 1. The molecule has 0 spiro atoms. The minimum atomic E-state index is 0.155. The Bertz CT molecular complexity index is 831. The lowest BCUT2D eigenvalue weighted by molar-refractivity contribution is -0.123. The van der Waals surface area contributed by atoms with Crippen molar-refractivity contribution in [3.63, 3.8) is 0 Å². The Labute approximate surface area is 171 Å². The molecule has 9 nitrogen and oxygen atoms in total. The van der Waals surface area contributed by atoms with Crippen LogP contribution in [0, 0.1) is 5.92 Å². The molecule has 0 bridgehead atoms. The summed E-state index contributed by atoms with van der Waals surface area (Å²) in [7, 11) is 1.66. The average Bonchev–Trinajstić information content (AvgIpc) is 3.17. The number of hydrogen-bond acceptors (Lipinski definition) is 7. The summed E-state index contributed by atoms with van der Waals surface area (Å²) in [5, 5.41) is 7.56. The van der Waals surface area contributed by atoms with Crippen molar-refractivity contribution in [3.05, 3.63) is 18.1 Å². The van der Waals surface area contributed by atoms with E-state index in [0.29, 0.717) is 25.0 Å². The first kappa shape index (κ1) is 20.0. The van der Waals surface area contributed by atoms with E-state index in [1.165, 1.54) is 19.2 Å². The van der Waals surface area contributed by atoms with Crippen LogP contribution >= 0.6 is 0 Å². The smallest absolute Gasteiger partial charge is 0.254 e. The van der Waals surface area contributed by atoms with Crippen LogP contribution in [0.4, 0.5) is 5.82 Å². The second-order valence-electron chi connectivity index (χ2n) is 8.31. The minimum absolute atomic E-state index is 0.155. The van der Waals surface area contributed by atoms with E-state index in [-0.39, 0.29) is 5.91 Å². The summed E-state index contributed by atoms with van der Waals surface area (Å²) >= 11 is 0. The molecule has 3 heterocycles. The zero-order chi connectivity index (χ0) is 20.2. The SMILES string of the molecule is COCc1cc(N2CCN(CC(=O)NC3CCCC(C)C3)CC2)n2ncnc2n1. The van der Waals surface area contributed by atoms with Crippen molar-refractivity contribution in [2.75, 3.05) is 44.7 Å². The van der Waals surface area contributed by atoms with Gasteiger partial charge in [0.2, 0.25) is 5.91 Å². The molecular weight excluding hydrogens is 370 g/mol. The van der Waals surface area contributed by atoms with Crippen molar-refractivity contribution in [3.8, 4) is 0 Å². The van der Waals surface area contributed by atoms with Crippen LogP contribution in [-0.4, -0.2) is 76.3 Å². The fourth-order valence-corrected chi connectivity index (χ4v) is 4.47. The zero-order valence-corrected chi connectivity index (χ0v) is 17.4. The molecular formula is C20H31N7O2. The van der Waals surface area contributed by atoms with Gasteiger partial charge in [-0.15, -0.1) is 0 Å². The number of aromatic nitrogens is 4. The van der Waals surface area contributed by atoms with Crippen LogP contribution in [0.2, 0.25) is 0 Å². The standard InChI is InChI=1S/C20H31N7O2/c1-15-4-3-5-16(10-15)23-18(28)12-25-6-8-26(9-7-25)19-11-17(13-29-2)24-20-21-14-22-27(19)20/h11,14-16H,3-10,12-13H2,1-2H3,(H,23,28). The Morgan fingerprint density at radius 1 is 1.28 bits per heavy atom. The van der Waals surface area contributed by atoms with Gasteiger partial charge in [0.1, 0.15) is 12.1 Å². The largest absolute Gasteiger partial charge is 0.378 e. The maximum Gasteiger partial charge on any atom is 0.254 e. The molecule has 1 aliphatic carbocycles. The van der Waals surface area contributed by atoms with E-state index in [1.807, 2.05) is 6.07 Å². The maximum absolute atomic E-state index is 12.5. The first-order chi connectivity index (χ1) is 14.1. The molecule has 1 saturated carbocycles. The van der Waals surface area contributed by atoms with E-state index in [4.69, 9.17) is 4.74 Å². The highest BCUT2D eigenvalue weighted by Gasteiger charge is 2.24. The molecule has 4 rings (SSSR count). The van der Waals surface area contributed by atoms with Gasteiger partial charge >= 0.3 is 0 Å².